The van der Waals surface area contributed by atoms with Crippen LogP contribution >= 0.6 is 0 Å². The molecule has 1 aliphatic heterocycles. The Bertz CT molecular complexity index is 1020. The van der Waals surface area contributed by atoms with Crippen molar-refractivity contribution in [3.05, 3.63) is 88.6 Å². The van der Waals surface area contributed by atoms with E-state index < -0.39 is 11.7 Å². The van der Waals surface area contributed by atoms with Gasteiger partial charge in [0, 0.05) is 17.7 Å². The molecule has 0 bridgehead atoms. The molecule has 27 heavy (non-hydrogen) atoms. The molecule has 0 aromatic heterocycles. The van der Waals surface area contributed by atoms with Crippen LogP contribution in [0.25, 0.3) is 0 Å². The van der Waals surface area contributed by atoms with E-state index in [4.69, 9.17) is 5.73 Å². The van der Waals surface area contributed by atoms with Gasteiger partial charge in [0.15, 0.2) is 5.78 Å². The lowest BCUT2D eigenvalue weighted by atomic mass is 9.75. The predicted octanol–water partition coefficient (Wildman–Crippen LogP) is 4.13. The van der Waals surface area contributed by atoms with Crippen molar-refractivity contribution in [1.82, 2.24) is 0 Å². The second kappa shape index (κ2) is 6.73. The fourth-order valence-corrected chi connectivity index (χ4v) is 3.97. The lowest BCUT2D eigenvalue weighted by Crippen LogP contribution is -2.39. The van der Waals surface area contributed by atoms with Gasteiger partial charge in [0.2, 0.25) is 0 Å². The van der Waals surface area contributed by atoms with Gasteiger partial charge in [0.05, 0.1) is 23.2 Å². The molecule has 0 saturated carbocycles. The maximum absolute atomic E-state index is 14.5. The van der Waals surface area contributed by atoms with Crippen molar-refractivity contribution >= 4 is 11.5 Å². The number of anilines is 1. The van der Waals surface area contributed by atoms with E-state index in [1.807, 2.05) is 30.3 Å². The van der Waals surface area contributed by atoms with Gasteiger partial charge in [-0.3, -0.25) is 9.69 Å². The number of carbonyl (C=O) groups excluding carboxylic acids is 1. The number of halogens is 1. The first-order valence-corrected chi connectivity index (χ1v) is 8.89. The Morgan fingerprint density at radius 1 is 1.07 bits per heavy atom. The van der Waals surface area contributed by atoms with Crippen molar-refractivity contribution in [1.29, 1.82) is 5.26 Å². The van der Waals surface area contributed by atoms with Crippen molar-refractivity contribution < 1.29 is 9.18 Å². The number of carbonyl (C=O) groups is 1. The standard InChI is InChI=1S/C22H18FN3O/c23-16-9-4-5-10-17(16)26-18-11-6-12-19(27)21(18)20(15(13-24)22(26)25)14-7-2-1-3-8-14/h1-5,7-10,20H,6,11-12,25H2/t20-/m0/s1. The number of benzene rings is 2. The molecule has 2 aromatic carbocycles. The zero-order valence-electron chi connectivity index (χ0n) is 14.7. The molecule has 134 valence electrons. The van der Waals surface area contributed by atoms with Crippen LogP contribution < -0.4 is 10.6 Å². The second-order valence-electron chi connectivity index (χ2n) is 6.68. The number of allylic oxidation sites excluding steroid dienone is 3. The molecule has 1 aliphatic carbocycles. The second-order valence-corrected chi connectivity index (χ2v) is 6.68. The summed E-state index contributed by atoms with van der Waals surface area (Å²) in [6.07, 6.45) is 1.71. The Balaban J connectivity index is 2.00. The highest BCUT2D eigenvalue weighted by Crippen LogP contribution is 2.46. The van der Waals surface area contributed by atoms with Crippen LogP contribution in [0.2, 0.25) is 0 Å². The van der Waals surface area contributed by atoms with E-state index in [2.05, 4.69) is 6.07 Å². The molecule has 0 amide bonds. The Labute approximate surface area is 157 Å². The highest BCUT2D eigenvalue weighted by Gasteiger charge is 2.40. The number of nitriles is 1. The number of para-hydroxylation sites is 1. The quantitative estimate of drug-likeness (QED) is 0.875. The van der Waals surface area contributed by atoms with E-state index in [0.29, 0.717) is 30.5 Å². The van der Waals surface area contributed by atoms with E-state index >= 15 is 0 Å². The first kappa shape index (κ1) is 17.0. The van der Waals surface area contributed by atoms with Crippen LogP contribution in [0.3, 0.4) is 0 Å². The third-order valence-electron chi connectivity index (χ3n) is 5.14. The number of hydrogen-bond donors (Lipinski definition) is 1. The fraction of sp³-hybridized carbons (Fsp3) is 0.182. The number of rotatable bonds is 2. The Hall–Kier alpha value is -3.39. The molecule has 1 heterocycles. The van der Waals surface area contributed by atoms with Gasteiger partial charge in [-0.05, 0) is 30.5 Å². The van der Waals surface area contributed by atoms with Crippen LogP contribution in [0.5, 0.6) is 0 Å². The van der Waals surface area contributed by atoms with Crippen LogP contribution in [0.1, 0.15) is 30.7 Å². The molecule has 2 N–H and O–H groups in total. The summed E-state index contributed by atoms with van der Waals surface area (Å²) in [5, 5.41) is 9.86. The molecule has 0 radical (unpaired) electrons. The monoisotopic (exact) mass is 359 g/mol. The topological polar surface area (TPSA) is 70.1 Å². The molecular weight excluding hydrogens is 341 g/mol. The Morgan fingerprint density at radius 2 is 1.78 bits per heavy atom. The lowest BCUT2D eigenvalue weighted by Gasteiger charge is -2.39. The summed E-state index contributed by atoms with van der Waals surface area (Å²) < 4.78 is 14.5. The first-order valence-electron chi connectivity index (χ1n) is 8.89. The molecule has 2 aromatic rings. The summed E-state index contributed by atoms with van der Waals surface area (Å²) in [5.74, 6) is -0.778. The molecule has 0 fully saturated rings. The molecule has 4 nitrogen and oxygen atoms in total. The smallest absolute Gasteiger partial charge is 0.161 e. The van der Waals surface area contributed by atoms with Crippen LogP contribution in [-0.4, -0.2) is 5.78 Å². The van der Waals surface area contributed by atoms with Crippen molar-refractivity contribution in [2.45, 2.75) is 25.2 Å². The van der Waals surface area contributed by atoms with E-state index in [-0.39, 0.29) is 22.9 Å². The number of ketones is 1. The number of nitrogens with two attached hydrogens (primary N) is 1. The van der Waals surface area contributed by atoms with Gasteiger partial charge >= 0.3 is 0 Å². The van der Waals surface area contributed by atoms with Gasteiger partial charge in [-0.2, -0.15) is 5.26 Å². The van der Waals surface area contributed by atoms with Crippen LogP contribution in [0, 0.1) is 17.1 Å². The minimum absolute atomic E-state index is 0.00769. The molecule has 0 unspecified atom stereocenters. The van der Waals surface area contributed by atoms with Crippen molar-refractivity contribution in [3.8, 4) is 6.07 Å². The van der Waals surface area contributed by atoms with Gasteiger partial charge in [0.1, 0.15) is 11.6 Å². The van der Waals surface area contributed by atoms with E-state index in [0.717, 1.165) is 5.56 Å². The van der Waals surface area contributed by atoms with Gasteiger partial charge in [-0.25, -0.2) is 4.39 Å². The maximum Gasteiger partial charge on any atom is 0.161 e. The average molecular weight is 359 g/mol. The van der Waals surface area contributed by atoms with E-state index in [1.165, 1.54) is 6.07 Å². The number of hydrogen-bond acceptors (Lipinski definition) is 4. The highest BCUT2D eigenvalue weighted by molar-refractivity contribution is 6.01. The van der Waals surface area contributed by atoms with Gasteiger partial charge in [0.25, 0.3) is 0 Å². The highest BCUT2D eigenvalue weighted by atomic mass is 19.1. The summed E-state index contributed by atoms with van der Waals surface area (Å²) in [7, 11) is 0. The normalized spacial score (nSPS) is 19.8. The van der Waals surface area contributed by atoms with E-state index in [9.17, 15) is 14.4 Å². The maximum atomic E-state index is 14.5. The average Bonchev–Trinajstić information content (AvgIpc) is 2.69. The molecular formula is C22H18FN3O. The Kier molecular flexibility index (Phi) is 4.25. The van der Waals surface area contributed by atoms with Crippen molar-refractivity contribution in [2.75, 3.05) is 4.90 Å². The number of Topliss-reactive ketones (excluding diaryl/α,β-unsaturated/α-hetero) is 1. The summed E-state index contributed by atoms with van der Waals surface area (Å²) in [4.78, 5) is 14.4. The molecule has 0 saturated heterocycles. The SMILES string of the molecule is N#CC1=C(N)N(c2ccccc2F)C2=C(C(=O)CCC2)[C@H]1c1ccccc1. The molecule has 0 spiro atoms. The van der Waals surface area contributed by atoms with Gasteiger partial charge in [-0.15, -0.1) is 0 Å². The lowest BCUT2D eigenvalue weighted by molar-refractivity contribution is -0.116. The van der Waals surface area contributed by atoms with Crippen LogP contribution in [0.4, 0.5) is 10.1 Å². The third kappa shape index (κ3) is 2.70. The third-order valence-corrected chi connectivity index (χ3v) is 5.14. The first-order chi connectivity index (χ1) is 13.1. The fourth-order valence-electron chi connectivity index (χ4n) is 3.97. The predicted molar refractivity (Wildman–Crippen MR) is 101 cm³/mol. The minimum Gasteiger partial charge on any atom is -0.384 e. The summed E-state index contributed by atoms with van der Waals surface area (Å²) in [6, 6.07) is 17.9. The van der Waals surface area contributed by atoms with Crippen molar-refractivity contribution in [2.24, 2.45) is 5.73 Å². The zero-order valence-corrected chi connectivity index (χ0v) is 14.7. The zero-order chi connectivity index (χ0) is 19.0. The molecule has 1 atom stereocenters. The van der Waals surface area contributed by atoms with Gasteiger partial charge < -0.3 is 5.73 Å². The van der Waals surface area contributed by atoms with E-state index in [1.54, 1.807) is 23.1 Å². The molecule has 2 aliphatic rings. The van der Waals surface area contributed by atoms with Crippen molar-refractivity contribution in [3.63, 3.8) is 0 Å². The van der Waals surface area contributed by atoms with Gasteiger partial charge in [-0.1, -0.05) is 42.5 Å². The van der Waals surface area contributed by atoms with Crippen LogP contribution in [0.15, 0.2) is 77.3 Å². The largest absolute Gasteiger partial charge is 0.384 e. The van der Waals surface area contributed by atoms with Crippen LogP contribution in [-0.2, 0) is 4.79 Å². The summed E-state index contributed by atoms with van der Waals surface area (Å²) in [6.45, 7) is 0. The summed E-state index contributed by atoms with van der Waals surface area (Å²) >= 11 is 0. The minimum atomic E-state index is -0.512. The molecule has 4 rings (SSSR count). The number of nitrogens with zero attached hydrogens (tertiary/aromatic N) is 2. The summed E-state index contributed by atoms with van der Waals surface area (Å²) in [5.41, 5.74) is 9.02. The molecule has 5 heteroatoms. The Morgan fingerprint density at radius 3 is 2.48 bits per heavy atom.